The molecule has 2 atom stereocenters. The molecular weight excluding hydrogens is 242 g/mol. The van der Waals surface area contributed by atoms with Crippen LogP contribution in [0.25, 0.3) is 0 Å². The molecule has 4 heteroatoms. The summed E-state index contributed by atoms with van der Waals surface area (Å²) in [5.74, 6) is -0.499. The summed E-state index contributed by atoms with van der Waals surface area (Å²) in [6, 6.07) is 7.70. The topological polar surface area (TPSA) is 49.8 Å². The van der Waals surface area contributed by atoms with Gasteiger partial charge < -0.3 is 9.84 Å². The van der Waals surface area contributed by atoms with Crippen LogP contribution in [0.3, 0.4) is 0 Å². The molecule has 19 heavy (non-hydrogen) atoms. The number of carboxylic acids is 1. The quantitative estimate of drug-likeness (QED) is 0.884. The summed E-state index contributed by atoms with van der Waals surface area (Å²) in [4.78, 5) is 13.4. The average molecular weight is 263 g/mol. The Hall–Kier alpha value is -1.39. The van der Waals surface area contributed by atoms with Crippen LogP contribution in [0, 0.1) is 5.92 Å². The zero-order valence-corrected chi connectivity index (χ0v) is 11.5. The first kappa shape index (κ1) is 14.0. The highest BCUT2D eigenvalue weighted by Crippen LogP contribution is 2.26. The van der Waals surface area contributed by atoms with Crippen molar-refractivity contribution in [1.82, 2.24) is 4.90 Å². The van der Waals surface area contributed by atoms with Gasteiger partial charge in [0.25, 0.3) is 0 Å². The van der Waals surface area contributed by atoms with Gasteiger partial charge in [-0.3, -0.25) is 9.69 Å². The predicted octanol–water partition coefficient (Wildman–Crippen LogP) is 2.13. The Morgan fingerprint density at radius 2 is 2.11 bits per heavy atom. The Bertz CT molecular complexity index is 447. The third kappa shape index (κ3) is 3.14. The maximum atomic E-state index is 11.4. The molecule has 1 aromatic carbocycles. The minimum atomic E-state index is -0.714. The number of nitrogens with zero attached hydrogens (tertiary/aromatic N) is 1. The van der Waals surface area contributed by atoms with Crippen LogP contribution in [-0.2, 0) is 22.7 Å². The van der Waals surface area contributed by atoms with Crippen LogP contribution in [0.4, 0.5) is 0 Å². The van der Waals surface area contributed by atoms with Crippen LogP contribution in [0.2, 0.25) is 0 Å². The molecule has 1 heterocycles. The van der Waals surface area contributed by atoms with E-state index in [1.807, 2.05) is 25.1 Å². The lowest BCUT2D eigenvalue weighted by molar-refractivity contribution is -0.143. The molecular formula is C15H21NO3. The van der Waals surface area contributed by atoms with Crippen molar-refractivity contribution in [3.8, 4) is 0 Å². The second-order valence-electron chi connectivity index (χ2n) is 5.22. The van der Waals surface area contributed by atoms with Crippen molar-refractivity contribution >= 4 is 5.97 Å². The third-order valence-corrected chi connectivity index (χ3v) is 3.85. The Morgan fingerprint density at radius 3 is 2.74 bits per heavy atom. The standard InChI is InChI=1S/C15H21NO3/c1-11-7-8-16(14(11)15(17)18)9-12-5-3-4-6-13(12)10-19-2/h3-6,11,14H,7-10H2,1-2H3,(H,17,18). The van der Waals surface area contributed by atoms with Crippen molar-refractivity contribution in [2.75, 3.05) is 13.7 Å². The Kier molecular flexibility index (Phi) is 4.56. The molecule has 0 aliphatic carbocycles. The van der Waals surface area contributed by atoms with Gasteiger partial charge in [-0.05, 0) is 30.0 Å². The van der Waals surface area contributed by atoms with E-state index in [-0.39, 0.29) is 12.0 Å². The van der Waals surface area contributed by atoms with Crippen LogP contribution in [-0.4, -0.2) is 35.7 Å². The SMILES string of the molecule is COCc1ccccc1CN1CCC(C)C1C(=O)O. The Morgan fingerprint density at radius 1 is 1.42 bits per heavy atom. The summed E-state index contributed by atoms with van der Waals surface area (Å²) in [6.45, 7) is 4.11. The maximum absolute atomic E-state index is 11.4. The minimum Gasteiger partial charge on any atom is -0.480 e. The Labute approximate surface area is 114 Å². The van der Waals surface area contributed by atoms with Gasteiger partial charge in [0.2, 0.25) is 0 Å². The van der Waals surface area contributed by atoms with Gasteiger partial charge in [-0.2, -0.15) is 0 Å². The number of likely N-dealkylation sites (tertiary alicyclic amines) is 1. The minimum absolute atomic E-state index is 0.215. The molecule has 1 aliphatic rings. The largest absolute Gasteiger partial charge is 0.480 e. The van der Waals surface area contributed by atoms with Gasteiger partial charge in [0.05, 0.1) is 6.61 Å². The van der Waals surface area contributed by atoms with Gasteiger partial charge in [0, 0.05) is 13.7 Å². The van der Waals surface area contributed by atoms with Crippen LogP contribution < -0.4 is 0 Å². The summed E-state index contributed by atoms with van der Waals surface area (Å²) in [6.07, 6.45) is 0.948. The number of ether oxygens (including phenoxy) is 1. The van der Waals surface area contributed by atoms with Crippen molar-refractivity contribution < 1.29 is 14.6 Å². The smallest absolute Gasteiger partial charge is 0.321 e. The summed E-state index contributed by atoms with van der Waals surface area (Å²) < 4.78 is 5.19. The van der Waals surface area contributed by atoms with Gasteiger partial charge >= 0.3 is 5.97 Å². The molecule has 4 nitrogen and oxygen atoms in total. The zero-order chi connectivity index (χ0) is 13.8. The fourth-order valence-corrected chi connectivity index (χ4v) is 2.83. The maximum Gasteiger partial charge on any atom is 0.321 e. The normalized spacial score (nSPS) is 23.7. The molecule has 1 aliphatic heterocycles. The lowest BCUT2D eigenvalue weighted by atomic mass is 10.0. The van der Waals surface area contributed by atoms with E-state index >= 15 is 0 Å². The van der Waals surface area contributed by atoms with Gasteiger partial charge in [0.1, 0.15) is 6.04 Å². The molecule has 2 unspecified atom stereocenters. The van der Waals surface area contributed by atoms with E-state index in [0.717, 1.165) is 24.1 Å². The van der Waals surface area contributed by atoms with Gasteiger partial charge in [0.15, 0.2) is 0 Å². The van der Waals surface area contributed by atoms with Crippen LogP contribution in [0.1, 0.15) is 24.5 Å². The molecule has 0 aromatic heterocycles. The number of hydrogen-bond donors (Lipinski definition) is 1. The zero-order valence-electron chi connectivity index (χ0n) is 11.5. The van der Waals surface area contributed by atoms with Crippen molar-refractivity contribution in [2.45, 2.75) is 32.5 Å². The van der Waals surface area contributed by atoms with Crippen molar-refractivity contribution in [1.29, 1.82) is 0 Å². The highest BCUT2D eigenvalue weighted by molar-refractivity contribution is 5.74. The number of methoxy groups -OCH3 is 1. The van der Waals surface area contributed by atoms with E-state index in [9.17, 15) is 9.90 Å². The molecule has 0 spiro atoms. The number of aliphatic carboxylic acids is 1. The molecule has 0 amide bonds. The number of carboxylic acid groups (broad SMARTS) is 1. The molecule has 0 saturated carbocycles. The first-order valence-electron chi connectivity index (χ1n) is 6.66. The van der Waals surface area contributed by atoms with E-state index in [4.69, 9.17) is 4.74 Å². The van der Waals surface area contributed by atoms with Gasteiger partial charge in [-0.1, -0.05) is 31.2 Å². The predicted molar refractivity (Wildman–Crippen MR) is 72.8 cm³/mol. The number of rotatable bonds is 5. The molecule has 104 valence electrons. The number of hydrogen-bond acceptors (Lipinski definition) is 3. The third-order valence-electron chi connectivity index (χ3n) is 3.85. The number of carbonyl (C=O) groups is 1. The first-order valence-corrected chi connectivity index (χ1v) is 6.66. The summed E-state index contributed by atoms with van der Waals surface area (Å²) in [5, 5.41) is 9.34. The van der Waals surface area contributed by atoms with Crippen molar-refractivity contribution in [3.63, 3.8) is 0 Å². The summed E-state index contributed by atoms with van der Waals surface area (Å²) in [5.41, 5.74) is 2.29. The fraction of sp³-hybridized carbons (Fsp3) is 0.533. The average Bonchev–Trinajstić information content (AvgIpc) is 2.73. The molecule has 2 rings (SSSR count). The first-order chi connectivity index (χ1) is 9.13. The van der Waals surface area contributed by atoms with E-state index in [0.29, 0.717) is 13.2 Å². The lowest BCUT2D eigenvalue weighted by Gasteiger charge is -2.24. The molecule has 0 radical (unpaired) electrons. The number of benzene rings is 1. The molecule has 1 saturated heterocycles. The highest BCUT2D eigenvalue weighted by atomic mass is 16.5. The van der Waals surface area contributed by atoms with E-state index in [2.05, 4.69) is 11.0 Å². The van der Waals surface area contributed by atoms with Crippen LogP contribution in [0.15, 0.2) is 24.3 Å². The Balaban J connectivity index is 2.14. The second-order valence-corrected chi connectivity index (χ2v) is 5.22. The summed E-state index contributed by atoms with van der Waals surface area (Å²) in [7, 11) is 1.68. The lowest BCUT2D eigenvalue weighted by Crippen LogP contribution is -2.38. The molecule has 1 fully saturated rings. The summed E-state index contributed by atoms with van der Waals surface area (Å²) >= 11 is 0. The van der Waals surface area contributed by atoms with Crippen LogP contribution >= 0.6 is 0 Å². The second kappa shape index (κ2) is 6.17. The van der Waals surface area contributed by atoms with Crippen LogP contribution in [0.5, 0.6) is 0 Å². The van der Waals surface area contributed by atoms with Gasteiger partial charge in [-0.25, -0.2) is 0 Å². The highest BCUT2D eigenvalue weighted by Gasteiger charge is 2.36. The van der Waals surface area contributed by atoms with E-state index in [1.165, 1.54) is 0 Å². The van der Waals surface area contributed by atoms with Crippen molar-refractivity contribution in [3.05, 3.63) is 35.4 Å². The van der Waals surface area contributed by atoms with E-state index < -0.39 is 5.97 Å². The molecule has 1 N–H and O–H groups in total. The van der Waals surface area contributed by atoms with Crippen molar-refractivity contribution in [2.24, 2.45) is 5.92 Å². The monoisotopic (exact) mass is 263 g/mol. The van der Waals surface area contributed by atoms with E-state index in [1.54, 1.807) is 7.11 Å². The van der Waals surface area contributed by atoms with Gasteiger partial charge in [-0.15, -0.1) is 0 Å². The fourth-order valence-electron chi connectivity index (χ4n) is 2.83. The molecule has 1 aromatic rings. The molecule has 0 bridgehead atoms.